The van der Waals surface area contributed by atoms with E-state index in [0.717, 1.165) is 63.4 Å². The van der Waals surface area contributed by atoms with Crippen molar-refractivity contribution in [2.45, 2.75) is 57.5 Å². The zero-order valence-electron chi connectivity index (χ0n) is 16.4. The molecule has 2 saturated heterocycles. The van der Waals surface area contributed by atoms with Gasteiger partial charge in [0.05, 0.1) is 12.8 Å². The van der Waals surface area contributed by atoms with Gasteiger partial charge in [-0.3, -0.25) is 0 Å². The molecular formula is C21H31N3O3. The van der Waals surface area contributed by atoms with Crippen molar-refractivity contribution in [1.82, 2.24) is 9.88 Å². The standard InChI is InChI=1S/C21H31N3O3/c1-21(9-10-21)27-20(25)24-13-7-17(8-14-24)16-26-18-5-6-19(22-15-18)23-11-3-2-4-12-23/h5-6,15,17H,2-4,7-14,16H2,1H3. The summed E-state index contributed by atoms with van der Waals surface area (Å²) in [7, 11) is 0. The molecule has 3 fully saturated rings. The average molecular weight is 373 g/mol. The predicted molar refractivity (Wildman–Crippen MR) is 104 cm³/mol. The highest BCUT2D eigenvalue weighted by Crippen LogP contribution is 2.39. The number of hydrogen-bond acceptors (Lipinski definition) is 5. The SMILES string of the molecule is CC1(OC(=O)N2CCC(COc3ccc(N4CCCCC4)nc3)CC2)CC1. The number of hydrogen-bond donors (Lipinski definition) is 0. The first-order valence-electron chi connectivity index (χ1n) is 10.4. The average Bonchev–Trinajstić information content (AvgIpc) is 3.44. The van der Waals surface area contributed by atoms with E-state index in [4.69, 9.17) is 9.47 Å². The van der Waals surface area contributed by atoms with Crippen molar-refractivity contribution in [1.29, 1.82) is 0 Å². The largest absolute Gasteiger partial charge is 0.492 e. The third-order valence-corrected chi connectivity index (χ3v) is 6.05. The minimum atomic E-state index is -0.190. The molecule has 1 aliphatic carbocycles. The molecule has 6 heteroatoms. The Balaban J connectivity index is 1.19. The van der Waals surface area contributed by atoms with Gasteiger partial charge in [-0.15, -0.1) is 0 Å². The van der Waals surface area contributed by atoms with Crippen LogP contribution in [0.3, 0.4) is 0 Å². The van der Waals surface area contributed by atoms with Crippen LogP contribution in [-0.2, 0) is 4.74 Å². The summed E-state index contributed by atoms with van der Waals surface area (Å²) in [6.45, 7) is 6.42. The maximum atomic E-state index is 12.2. The Morgan fingerprint density at radius 3 is 2.52 bits per heavy atom. The van der Waals surface area contributed by atoms with Crippen molar-refractivity contribution < 1.29 is 14.3 Å². The molecule has 1 amide bonds. The lowest BCUT2D eigenvalue weighted by molar-refractivity contribution is 0.0456. The van der Waals surface area contributed by atoms with E-state index in [2.05, 4.69) is 16.0 Å². The number of anilines is 1. The molecule has 0 unspecified atom stereocenters. The molecule has 3 aliphatic rings. The molecule has 0 aromatic carbocycles. The summed E-state index contributed by atoms with van der Waals surface area (Å²) in [5.41, 5.74) is -0.190. The second kappa shape index (κ2) is 7.95. The fourth-order valence-electron chi connectivity index (χ4n) is 3.82. The number of rotatable bonds is 5. The van der Waals surface area contributed by atoms with Gasteiger partial charge in [-0.2, -0.15) is 0 Å². The van der Waals surface area contributed by atoms with Crippen LogP contribution in [-0.4, -0.2) is 54.4 Å². The molecule has 6 nitrogen and oxygen atoms in total. The van der Waals surface area contributed by atoms with Gasteiger partial charge in [0.1, 0.15) is 17.2 Å². The normalized spacial score (nSPS) is 22.4. The van der Waals surface area contributed by atoms with Gasteiger partial charge >= 0.3 is 6.09 Å². The first kappa shape index (κ1) is 18.4. The maximum absolute atomic E-state index is 12.2. The van der Waals surface area contributed by atoms with Gasteiger partial charge in [0, 0.05) is 26.2 Å². The van der Waals surface area contributed by atoms with Crippen molar-refractivity contribution in [3.63, 3.8) is 0 Å². The molecule has 4 rings (SSSR count). The van der Waals surface area contributed by atoms with Crippen LogP contribution in [0.2, 0.25) is 0 Å². The number of nitrogens with zero attached hydrogens (tertiary/aromatic N) is 3. The molecule has 3 heterocycles. The first-order valence-corrected chi connectivity index (χ1v) is 10.4. The zero-order valence-corrected chi connectivity index (χ0v) is 16.4. The minimum absolute atomic E-state index is 0.146. The number of ether oxygens (including phenoxy) is 2. The summed E-state index contributed by atoms with van der Waals surface area (Å²) in [6.07, 6.45) is 9.45. The van der Waals surface area contributed by atoms with E-state index in [9.17, 15) is 4.79 Å². The quantitative estimate of drug-likeness (QED) is 0.785. The van der Waals surface area contributed by atoms with Crippen LogP contribution >= 0.6 is 0 Å². The van der Waals surface area contributed by atoms with Crippen LogP contribution < -0.4 is 9.64 Å². The van der Waals surface area contributed by atoms with Crippen molar-refractivity contribution >= 4 is 11.9 Å². The van der Waals surface area contributed by atoms with E-state index in [1.807, 2.05) is 24.1 Å². The number of piperidine rings is 2. The van der Waals surface area contributed by atoms with Crippen LogP contribution in [0.15, 0.2) is 18.3 Å². The van der Waals surface area contributed by atoms with Gasteiger partial charge in [0.25, 0.3) is 0 Å². The summed E-state index contributed by atoms with van der Waals surface area (Å²) in [4.78, 5) is 20.9. The van der Waals surface area contributed by atoms with E-state index in [1.54, 1.807) is 0 Å². The third-order valence-electron chi connectivity index (χ3n) is 6.05. The molecule has 0 atom stereocenters. The molecule has 2 aliphatic heterocycles. The van der Waals surface area contributed by atoms with Gasteiger partial charge in [-0.25, -0.2) is 9.78 Å². The van der Waals surface area contributed by atoms with Crippen LogP contribution in [0.1, 0.15) is 51.9 Å². The summed E-state index contributed by atoms with van der Waals surface area (Å²) in [6, 6.07) is 4.09. The predicted octanol–water partition coefficient (Wildman–Crippen LogP) is 3.85. The lowest BCUT2D eigenvalue weighted by atomic mass is 9.98. The lowest BCUT2D eigenvalue weighted by Crippen LogP contribution is -2.41. The molecule has 148 valence electrons. The van der Waals surface area contributed by atoms with Crippen LogP contribution in [0.4, 0.5) is 10.6 Å². The Bertz CT molecular complexity index is 631. The number of carbonyl (C=O) groups is 1. The van der Waals surface area contributed by atoms with Gasteiger partial charge in [-0.05, 0) is 69.9 Å². The number of amides is 1. The minimum Gasteiger partial charge on any atom is -0.492 e. The summed E-state index contributed by atoms with van der Waals surface area (Å²) in [5.74, 6) is 2.37. The van der Waals surface area contributed by atoms with Crippen molar-refractivity contribution in [2.75, 3.05) is 37.7 Å². The molecule has 1 aromatic rings. The third kappa shape index (κ3) is 4.85. The van der Waals surface area contributed by atoms with Gasteiger partial charge < -0.3 is 19.3 Å². The smallest absolute Gasteiger partial charge is 0.410 e. The van der Waals surface area contributed by atoms with E-state index in [1.165, 1.54) is 19.3 Å². The van der Waals surface area contributed by atoms with E-state index >= 15 is 0 Å². The van der Waals surface area contributed by atoms with Crippen LogP contribution in [0, 0.1) is 5.92 Å². The molecule has 27 heavy (non-hydrogen) atoms. The molecule has 0 N–H and O–H groups in total. The highest BCUT2D eigenvalue weighted by molar-refractivity contribution is 5.68. The molecule has 0 radical (unpaired) electrons. The highest BCUT2D eigenvalue weighted by atomic mass is 16.6. The number of aromatic nitrogens is 1. The Morgan fingerprint density at radius 2 is 1.89 bits per heavy atom. The second-order valence-corrected chi connectivity index (χ2v) is 8.46. The molecule has 1 aromatic heterocycles. The summed E-state index contributed by atoms with van der Waals surface area (Å²) >= 11 is 0. The maximum Gasteiger partial charge on any atom is 0.410 e. The summed E-state index contributed by atoms with van der Waals surface area (Å²) in [5, 5.41) is 0. The number of pyridine rings is 1. The highest BCUT2D eigenvalue weighted by Gasteiger charge is 2.43. The van der Waals surface area contributed by atoms with Gasteiger partial charge in [0.15, 0.2) is 0 Å². The fourth-order valence-corrected chi connectivity index (χ4v) is 3.82. The fraction of sp³-hybridized carbons (Fsp3) is 0.714. The van der Waals surface area contributed by atoms with E-state index in [0.29, 0.717) is 12.5 Å². The Labute approximate surface area is 161 Å². The zero-order chi connectivity index (χ0) is 18.7. The second-order valence-electron chi connectivity index (χ2n) is 8.46. The van der Waals surface area contributed by atoms with Crippen molar-refractivity contribution in [3.05, 3.63) is 18.3 Å². The van der Waals surface area contributed by atoms with Gasteiger partial charge in [0.2, 0.25) is 0 Å². The van der Waals surface area contributed by atoms with Crippen LogP contribution in [0.25, 0.3) is 0 Å². The Kier molecular flexibility index (Phi) is 5.41. The molecular weight excluding hydrogens is 342 g/mol. The van der Waals surface area contributed by atoms with Crippen molar-refractivity contribution in [2.24, 2.45) is 5.92 Å². The Morgan fingerprint density at radius 1 is 1.15 bits per heavy atom. The monoisotopic (exact) mass is 373 g/mol. The van der Waals surface area contributed by atoms with Gasteiger partial charge in [-0.1, -0.05) is 0 Å². The molecule has 0 bridgehead atoms. The molecule has 1 saturated carbocycles. The number of carbonyl (C=O) groups excluding carboxylic acids is 1. The summed E-state index contributed by atoms with van der Waals surface area (Å²) < 4.78 is 11.5. The number of likely N-dealkylation sites (tertiary alicyclic amines) is 1. The first-order chi connectivity index (χ1) is 13.1. The Hall–Kier alpha value is -1.98. The molecule has 0 spiro atoms. The van der Waals surface area contributed by atoms with E-state index < -0.39 is 0 Å². The van der Waals surface area contributed by atoms with Crippen LogP contribution in [0.5, 0.6) is 5.75 Å². The lowest BCUT2D eigenvalue weighted by Gasteiger charge is -2.32. The van der Waals surface area contributed by atoms with E-state index in [-0.39, 0.29) is 11.7 Å². The topological polar surface area (TPSA) is 54.9 Å². The van der Waals surface area contributed by atoms with Crippen molar-refractivity contribution in [3.8, 4) is 5.75 Å².